The summed E-state index contributed by atoms with van der Waals surface area (Å²) in [6, 6.07) is 6.06. The number of carbonyl (C=O) groups excluding carboxylic acids is 1. The van der Waals surface area contributed by atoms with E-state index in [1.54, 1.807) is 0 Å². The van der Waals surface area contributed by atoms with Crippen LogP contribution in [0.3, 0.4) is 0 Å². The van der Waals surface area contributed by atoms with Crippen molar-refractivity contribution in [3.8, 4) is 0 Å². The Hall–Kier alpha value is -2.17. The van der Waals surface area contributed by atoms with Crippen molar-refractivity contribution in [1.29, 1.82) is 0 Å². The normalized spacial score (nSPS) is 12.3. The fourth-order valence-corrected chi connectivity index (χ4v) is 3.60. The van der Waals surface area contributed by atoms with Gasteiger partial charge >= 0.3 is 6.18 Å². The Kier molecular flexibility index (Phi) is 6.37. The molecule has 1 N–H and O–H groups in total. The Morgan fingerprint density at radius 1 is 1.18 bits per heavy atom. The van der Waals surface area contributed by atoms with Crippen LogP contribution in [0, 0.1) is 12.7 Å². The number of aryl methyl sites for hydroxylation is 1. The number of likely N-dealkylation sites (N-methyl/N-ethyl adjacent to an activating group) is 1. The number of rotatable bonds is 5. The first-order chi connectivity index (χ1) is 12.8. The molecule has 1 amide bonds. The average Bonchev–Trinajstić information content (AvgIpc) is 2.57. The molecule has 0 aromatic heterocycles. The lowest BCUT2D eigenvalue weighted by atomic mass is 10.2. The highest BCUT2D eigenvalue weighted by Gasteiger charge is 2.35. The van der Waals surface area contributed by atoms with Crippen LogP contribution in [0.5, 0.6) is 0 Å². The molecule has 0 aliphatic rings. The summed E-state index contributed by atoms with van der Waals surface area (Å²) in [7, 11) is -3.37. The van der Waals surface area contributed by atoms with Crippen molar-refractivity contribution in [2.45, 2.75) is 18.0 Å². The molecule has 0 spiro atoms. The number of hydrogen-bond donors (Lipinski definition) is 1. The molecule has 0 saturated carbocycles. The lowest BCUT2D eigenvalue weighted by Gasteiger charge is -2.18. The van der Waals surface area contributed by atoms with Gasteiger partial charge in [0.2, 0.25) is 15.9 Å². The molecule has 2 rings (SSSR count). The van der Waals surface area contributed by atoms with E-state index in [9.17, 15) is 30.8 Å². The van der Waals surface area contributed by atoms with Crippen molar-refractivity contribution >= 4 is 33.2 Å². The molecule has 0 unspecified atom stereocenters. The van der Waals surface area contributed by atoms with E-state index in [4.69, 9.17) is 11.6 Å². The lowest BCUT2D eigenvalue weighted by Crippen LogP contribution is -2.35. The first-order valence-corrected chi connectivity index (χ1v) is 9.53. The molecule has 2 aromatic carbocycles. The number of nitrogens with one attached hydrogen (secondary N) is 1. The number of hydrogen-bond acceptors (Lipinski definition) is 3. The fourth-order valence-electron chi connectivity index (χ4n) is 2.22. The molecule has 2 aromatic rings. The molecule has 0 radical (unpaired) electrons. The van der Waals surface area contributed by atoms with Gasteiger partial charge in [-0.05, 0) is 42.8 Å². The molecular weight excluding hydrogens is 424 g/mol. The Morgan fingerprint density at radius 3 is 2.39 bits per heavy atom. The molecule has 0 aliphatic heterocycles. The molecule has 0 bridgehead atoms. The van der Waals surface area contributed by atoms with E-state index in [2.05, 4.69) is 5.32 Å². The van der Waals surface area contributed by atoms with Crippen LogP contribution in [0.2, 0.25) is 5.02 Å². The third-order valence-electron chi connectivity index (χ3n) is 3.77. The van der Waals surface area contributed by atoms with Crippen molar-refractivity contribution in [3.63, 3.8) is 0 Å². The minimum absolute atomic E-state index is 0.116. The number of halogens is 5. The number of benzene rings is 2. The second-order valence-electron chi connectivity index (χ2n) is 5.91. The Bertz CT molecular complexity index is 1010. The largest absolute Gasteiger partial charge is 0.417 e. The molecule has 0 heterocycles. The quantitative estimate of drug-likeness (QED) is 0.716. The number of alkyl halides is 3. The zero-order valence-electron chi connectivity index (χ0n) is 14.6. The van der Waals surface area contributed by atoms with Crippen LogP contribution >= 0.6 is 11.6 Å². The molecule has 152 valence electrons. The minimum atomic E-state index is -4.84. The maximum atomic E-state index is 13.5. The molecule has 28 heavy (non-hydrogen) atoms. The van der Waals surface area contributed by atoms with Gasteiger partial charge in [0.1, 0.15) is 5.82 Å². The van der Waals surface area contributed by atoms with Crippen molar-refractivity contribution in [2.75, 3.05) is 18.9 Å². The summed E-state index contributed by atoms with van der Waals surface area (Å²) < 4.78 is 77.9. The highest BCUT2D eigenvalue weighted by atomic mass is 35.5. The van der Waals surface area contributed by atoms with E-state index in [-0.39, 0.29) is 5.69 Å². The Labute approximate surface area is 164 Å². The number of amides is 1. The van der Waals surface area contributed by atoms with Gasteiger partial charge in [0, 0.05) is 12.7 Å². The summed E-state index contributed by atoms with van der Waals surface area (Å²) in [5.74, 6) is -1.35. The molecular formula is C17H15ClF4N2O3S. The standard InChI is InChI=1S/C17H15ClF4N2O3S/c1-10-3-4-11(7-15(10)19)23-16(25)9-24(2)28(26,27)12-5-6-14(18)13(8-12)17(20,21)22/h3-8H,9H2,1-2H3,(H,23,25). The predicted molar refractivity (Wildman–Crippen MR) is 96.0 cm³/mol. The summed E-state index contributed by atoms with van der Waals surface area (Å²) in [6.45, 7) is 0.838. The highest BCUT2D eigenvalue weighted by Crippen LogP contribution is 2.36. The smallest absolute Gasteiger partial charge is 0.325 e. The van der Waals surface area contributed by atoms with Gasteiger partial charge in [0.25, 0.3) is 0 Å². The SMILES string of the molecule is Cc1ccc(NC(=O)CN(C)S(=O)(=O)c2ccc(Cl)c(C(F)(F)F)c2)cc1F. The van der Waals surface area contributed by atoms with E-state index < -0.39 is 50.0 Å². The van der Waals surface area contributed by atoms with Crippen LogP contribution in [0.25, 0.3) is 0 Å². The van der Waals surface area contributed by atoms with E-state index in [1.807, 2.05) is 0 Å². The number of anilines is 1. The zero-order chi connectivity index (χ0) is 21.3. The topological polar surface area (TPSA) is 66.5 Å². The van der Waals surface area contributed by atoms with Crippen LogP contribution in [0.1, 0.15) is 11.1 Å². The second kappa shape index (κ2) is 8.06. The predicted octanol–water partition coefficient (Wildman–Crippen LogP) is 4.07. The van der Waals surface area contributed by atoms with Gasteiger partial charge in [-0.1, -0.05) is 17.7 Å². The summed E-state index contributed by atoms with van der Waals surface area (Å²) in [6.07, 6.45) is -4.84. The lowest BCUT2D eigenvalue weighted by molar-refractivity contribution is -0.137. The van der Waals surface area contributed by atoms with Crippen LogP contribution < -0.4 is 5.32 Å². The van der Waals surface area contributed by atoms with Crippen molar-refractivity contribution in [1.82, 2.24) is 4.31 Å². The number of sulfonamides is 1. The van der Waals surface area contributed by atoms with Gasteiger partial charge in [-0.15, -0.1) is 0 Å². The van der Waals surface area contributed by atoms with E-state index >= 15 is 0 Å². The molecule has 0 fully saturated rings. The average molecular weight is 439 g/mol. The van der Waals surface area contributed by atoms with Crippen molar-refractivity contribution in [3.05, 3.63) is 58.4 Å². The van der Waals surface area contributed by atoms with Gasteiger partial charge < -0.3 is 5.32 Å². The van der Waals surface area contributed by atoms with Crippen LogP contribution in [-0.2, 0) is 21.0 Å². The summed E-state index contributed by atoms with van der Waals surface area (Å²) >= 11 is 5.49. The Balaban J connectivity index is 2.19. The van der Waals surface area contributed by atoms with Crippen LogP contribution in [-0.4, -0.2) is 32.2 Å². The first kappa shape index (κ1) is 22.1. The number of carbonyl (C=O) groups is 1. The van der Waals surface area contributed by atoms with Gasteiger partial charge in [0.05, 0.1) is 22.0 Å². The Morgan fingerprint density at radius 2 is 1.82 bits per heavy atom. The van der Waals surface area contributed by atoms with Crippen LogP contribution in [0.15, 0.2) is 41.3 Å². The molecule has 0 aliphatic carbocycles. The molecule has 0 saturated heterocycles. The van der Waals surface area contributed by atoms with E-state index in [0.717, 1.165) is 25.2 Å². The number of nitrogens with zero attached hydrogens (tertiary/aromatic N) is 1. The summed E-state index contributed by atoms with van der Waals surface area (Å²) in [4.78, 5) is 11.4. The van der Waals surface area contributed by atoms with Gasteiger partial charge in [-0.25, -0.2) is 12.8 Å². The van der Waals surface area contributed by atoms with Gasteiger partial charge in [0.15, 0.2) is 0 Å². The zero-order valence-corrected chi connectivity index (χ0v) is 16.2. The summed E-state index contributed by atoms with van der Waals surface area (Å²) in [5.41, 5.74) is -0.825. The van der Waals surface area contributed by atoms with Crippen LogP contribution in [0.4, 0.5) is 23.2 Å². The molecule has 5 nitrogen and oxygen atoms in total. The monoisotopic (exact) mass is 438 g/mol. The second-order valence-corrected chi connectivity index (χ2v) is 8.36. The van der Waals surface area contributed by atoms with E-state index in [1.165, 1.54) is 19.1 Å². The van der Waals surface area contributed by atoms with Crippen molar-refractivity contribution in [2.24, 2.45) is 0 Å². The third kappa shape index (κ3) is 5.00. The van der Waals surface area contributed by atoms with Crippen molar-refractivity contribution < 1.29 is 30.8 Å². The van der Waals surface area contributed by atoms with Gasteiger partial charge in [-0.3, -0.25) is 4.79 Å². The third-order valence-corrected chi connectivity index (χ3v) is 5.90. The maximum absolute atomic E-state index is 13.5. The fraction of sp³-hybridized carbons (Fsp3) is 0.235. The highest BCUT2D eigenvalue weighted by molar-refractivity contribution is 7.89. The molecule has 0 atom stereocenters. The minimum Gasteiger partial charge on any atom is -0.325 e. The van der Waals surface area contributed by atoms with Gasteiger partial charge in [-0.2, -0.15) is 17.5 Å². The summed E-state index contributed by atoms with van der Waals surface area (Å²) in [5, 5.41) is 1.68. The van der Waals surface area contributed by atoms with E-state index in [0.29, 0.717) is 15.9 Å². The maximum Gasteiger partial charge on any atom is 0.417 e. The first-order valence-electron chi connectivity index (χ1n) is 7.71. The molecule has 11 heteroatoms.